The molecule has 8 nitrogen and oxygen atoms in total. The van der Waals surface area contributed by atoms with Crippen molar-refractivity contribution in [1.29, 1.82) is 0 Å². The van der Waals surface area contributed by atoms with Crippen LogP contribution < -0.4 is 10.2 Å². The lowest BCUT2D eigenvalue weighted by molar-refractivity contribution is -0.125. The first-order valence-corrected chi connectivity index (χ1v) is 7.60. The number of hydrogen-bond donors (Lipinski definition) is 1. The number of nitrogens with zero attached hydrogens (tertiary/aromatic N) is 5. The molecule has 0 spiro atoms. The van der Waals surface area contributed by atoms with Gasteiger partial charge in [-0.2, -0.15) is 4.52 Å². The summed E-state index contributed by atoms with van der Waals surface area (Å²) in [5.41, 5.74) is 0.731. The molecule has 0 saturated carbocycles. The maximum atomic E-state index is 12.1. The third kappa shape index (κ3) is 2.50. The van der Waals surface area contributed by atoms with Crippen molar-refractivity contribution in [3.63, 3.8) is 0 Å². The van der Waals surface area contributed by atoms with Gasteiger partial charge in [0.25, 0.3) is 0 Å². The van der Waals surface area contributed by atoms with Crippen molar-refractivity contribution in [3.8, 4) is 0 Å². The normalized spacial score (nSPS) is 25.0. The Morgan fingerprint density at radius 1 is 1.36 bits per heavy atom. The van der Waals surface area contributed by atoms with Crippen LogP contribution in [0, 0.1) is 5.92 Å². The number of amides is 1. The van der Waals surface area contributed by atoms with Crippen LogP contribution in [0.2, 0.25) is 0 Å². The van der Waals surface area contributed by atoms with Crippen LogP contribution in [0.3, 0.4) is 0 Å². The largest absolute Gasteiger partial charge is 0.381 e. The monoisotopic (exact) mass is 302 g/mol. The topological polar surface area (TPSA) is 84.7 Å². The summed E-state index contributed by atoms with van der Waals surface area (Å²) in [4.78, 5) is 14.3. The predicted octanol–water partition coefficient (Wildman–Crippen LogP) is -0.144. The molecule has 0 aliphatic carbocycles. The minimum absolute atomic E-state index is 0.0144. The Morgan fingerprint density at radius 2 is 2.32 bits per heavy atom. The smallest absolute Gasteiger partial charge is 0.225 e. The second-order valence-electron chi connectivity index (χ2n) is 5.83. The zero-order valence-electron chi connectivity index (χ0n) is 12.2. The maximum absolute atomic E-state index is 12.1. The Labute approximate surface area is 127 Å². The second kappa shape index (κ2) is 5.53. The fourth-order valence-electron chi connectivity index (χ4n) is 3.03. The second-order valence-corrected chi connectivity index (χ2v) is 5.83. The van der Waals surface area contributed by atoms with Crippen molar-refractivity contribution >= 4 is 17.4 Å². The lowest BCUT2D eigenvalue weighted by atomic mass is 10.1. The molecule has 1 N–H and O–H groups in total. The molecule has 4 rings (SSSR count). The summed E-state index contributed by atoms with van der Waals surface area (Å²) in [5, 5.41) is 15.4. The highest BCUT2D eigenvalue weighted by Gasteiger charge is 2.29. The number of carbonyl (C=O) groups is 1. The fourth-order valence-corrected chi connectivity index (χ4v) is 3.03. The third-order valence-electron chi connectivity index (χ3n) is 4.31. The summed E-state index contributed by atoms with van der Waals surface area (Å²) in [6.45, 7) is 2.90. The summed E-state index contributed by atoms with van der Waals surface area (Å²) in [6, 6.07) is 4.02. The zero-order valence-corrected chi connectivity index (χ0v) is 12.2. The van der Waals surface area contributed by atoms with E-state index in [9.17, 15) is 4.79 Å². The first kappa shape index (κ1) is 13.4. The van der Waals surface area contributed by atoms with Gasteiger partial charge < -0.3 is 15.0 Å². The van der Waals surface area contributed by atoms with Crippen LogP contribution in [0.4, 0.5) is 5.82 Å². The number of hydrogen-bond acceptors (Lipinski definition) is 6. The van der Waals surface area contributed by atoms with Crippen molar-refractivity contribution in [3.05, 3.63) is 18.5 Å². The van der Waals surface area contributed by atoms with Crippen molar-refractivity contribution in [2.24, 2.45) is 5.92 Å². The van der Waals surface area contributed by atoms with Gasteiger partial charge in [-0.15, -0.1) is 15.3 Å². The van der Waals surface area contributed by atoms with E-state index in [2.05, 4.69) is 25.5 Å². The van der Waals surface area contributed by atoms with Crippen LogP contribution in [0.5, 0.6) is 0 Å². The number of fused-ring (bicyclic) bond motifs is 1. The Kier molecular flexibility index (Phi) is 3.38. The minimum Gasteiger partial charge on any atom is -0.381 e. The molecule has 22 heavy (non-hydrogen) atoms. The average Bonchev–Trinajstić information content (AvgIpc) is 3.27. The van der Waals surface area contributed by atoms with E-state index in [4.69, 9.17) is 4.74 Å². The number of rotatable bonds is 3. The summed E-state index contributed by atoms with van der Waals surface area (Å²) >= 11 is 0. The quantitative estimate of drug-likeness (QED) is 0.849. The SMILES string of the molecule is O=C(N[C@@H]1CCN(c2ccc3nncn3n2)C1)[C@@H]1CCOC1. The summed E-state index contributed by atoms with van der Waals surface area (Å²) in [7, 11) is 0. The van der Waals surface area contributed by atoms with Gasteiger partial charge in [0.2, 0.25) is 5.91 Å². The van der Waals surface area contributed by atoms with Crippen LogP contribution in [0.1, 0.15) is 12.8 Å². The van der Waals surface area contributed by atoms with Gasteiger partial charge in [0, 0.05) is 25.7 Å². The Bertz CT molecular complexity index is 681. The van der Waals surface area contributed by atoms with E-state index in [1.54, 1.807) is 10.8 Å². The number of anilines is 1. The lowest BCUT2D eigenvalue weighted by Gasteiger charge is -2.18. The number of nitrogens with one attached hydrogen (secondary N) is 1. The van der Waals surface area contributed by atoms with E-state index in [1.807, 2.05) is 12.1 Å². The molecule has 2 aliphatic rings. The molecule has 116 valence electrons. The molecule has 0 unspecified atom stereocenters. The first-order chi connectivity index (χ1) is 10.8. The molecule has 2 saturated heterocycles. The van der Waals surface area contributed by atoms with E-state index < -0.39 is 0 Å². The van der Waals surface area contributed by atoms with E-state index >= 15 is 0 Å². The third-order valence-corrected chi connectivity index (χ3v) is 4.31. The van der Waals surface area contributed by atoms with Gasteiger partial charge in [-0.3, -0.25) is 4.79 Å². The van der Waals surface area contributed by atoms with Gasteiger partial charge in [0.05, 0.1) is 12.5 Å². The Hall–Kier alpha value is -2.22. The number of aromatic nitrogens is 4. The Morgan fingerprint density at radius 3 is 3.18 bits per heavy atom. The molecule has 2 aromatic heterocycles. The number of carbonyl (C=O) groups excluding carboxylic acids is 1. The van der Waals surface area contributed by atoms with Gasteiger partial charge in [0.1, 0.15) is 12.1 Å². The first-order valence-electron chi connectivity index (χ1n) is 7.60. The van der Waals surface area contributed by atoms with Crippen LogP contribution in [-0.4, -0.2) is 58.1 Å². The van der Waals surface area contributed by atoms with Gasteiger partial charge in [-0.1, -0.05) is 0 Å². The van der Waals surface area contributed by atoms with Crippen molar-refractivity contribution < 1.29 is 9.53 Å². The highest BCUT2D eigenvalue weighted by molar-refractivity contribution is 5.79. The molecule has 4 heterocycles. The Balaban J connectivity index is 1.40. The van der Waals surface area contributed by atoms with Gasteiger partial charge in [-0.25, -0.2) is 0 Å². The number of ether oxygens (including phenoxy) is 1. The fraction of sp³-hybridized carbons (Fsp3) is 0.571. The predicted molar refractivity (Wildman–Crippen MR) is 78.5 cm³/mol. The standard InChI is InChI=1S/C14H18N6O2/c21-14(10-4-6-22-8-10)16-11-3-5-19(7-11)13-2-1-12-17-15-9-20(12)18-13/h1-2,9-11H,3-8H2,(H,16,21)/t10-,11-/m1/s1. The summed E-state index contributed by atoms with van der Waals surface area (Å²) in [6.07, 6.45) is 3.35. The van der Waals surface area contributed by atoms with Crippen molar-refractivity contribution in [1.82, 2.24) is 25.1 Å². The molecule has 0 bridgehead atoms. The van der Waals surface area contributed by atoms with E-state index in [-0.39, 0.29) is 17.9 Å². The molecule has 2 aromatic rings. The van der Waals surface area contributed by atoms with E-state index in [0.29, 0.717) is 13.2 Å². The summed E-state index contributed by atoms with van der Waals surface area (Å²) in [5.74, 6) is 1.01. The molecule has 2 aliphatic heterocycles. The molecule has 1 amide bonds. The van der Waals surface area contributed by atoms with Crippen LogP contribution in [0.25, 0.3) is 5.65 Å². The van der Waals surface area contributed by atoms with Crippen molar-refractivity contribution in [2.75, 3.05) is 31.2 Å². The molecule has 8 heteroatoms. The molecule has 0 aromatic carbocycles. The summed E-state index contributed by atoms with van der Waals surface area (Å²) < 4.78 is 6.93. The molecule has 2 atom stereocenters. The van der Waals surface area contributed by atoms with Gasteiger partial charge in [0.15, 0.2) is 5.65 Å². The van der Waals surface area contributed by atoms with Crippen LogP contribution >= 0.6 is 0 Å². The lowest BCUT2D eigenvalue weighted by Crippen LogP contribution is -2.40. The van der Waals surface area contributed by atoms with E-state index in [1.165, 1.54) is 0 Å². The molecule has 0 radical (unpaired) electrons. The van der Waals surface area contributed by atoms with Crippen LogP contribution in [-0.2, 0) is 9.53 Å². The van der Waals surface area contributed by atoms with Crippen molar-refractivity contribution in [2.45, 2.75) is 18.9 Å². The molecular weight excluding hydrogens is 284 g/mol. The average molecular weight is 302 g/mol. The highest BCUT2D eigenvalue weighted by Crippen LogP contribution is 2.19. The zero-order chi connectivity index (χ0) is 14.9. The molecular formula is C14H18N6O2. The van der Waals surface area contributed by atoms with Gasteiger partial charge in [-0.05, 0) is 25.0 Å². The maximum Gasteiger partial charge on any atom is 0.225 e. The minimum atomic E-state index is 0.0144. The van der Waals surface area contributed by atoms with Crippen LogP contribution in [0.15, 0.2) is 18.5 Å². The molecule has 2 fully saturated rings. The van der Waals surface area contributed by atoms with E-state index in [0.717, 1.165) is 37.4 Å². The highest BCUT2D eigenvalue weighted by atomic mass is 16.5. The van der Waals surface area contributed by atoms with Gasteiger partial charge >= 0.3 is 0 Å².